The summed E-state index contributed by atoms with van der Waals surface area (Å²) in [6.45, 7) is 6.30. The first-order chi connectivity index (χ1) is 11.0. The Morgan fingerprint density at radius 2 is 1.96 bits per heavy atom. The maximum Gasteiger partial charge on any atom is 0.163 e. The summed E-state index contributed by atoms with van der Waals surface area (Å²) < 4.78 is 3.87. The zero-order valence-corrected chi connectivity index (χ0v) is 13.2. The molecule has 0 bridgehead atoms. The Morgan fingerprint density at radius 1 is 1.09 bits per heavy atom. The standard InChI is InChI=1S/C16H17N7/c1-16(2,3)23-15-12(8-20-23)14(18-10-19-15)21-11-4-5-13-17-6-7-22(13)9-11/h4-10H,1-3H3,(H,18,19,21). The Kier molecular flexibility index (Phi) is 2.84. The van der Waals surface area contributed by atoms with E-state index in [1.54, 1.807) is 18.7 Å². The second-order valence-electron chi connectivity index (χ2n) is 6.42. The molecule has 4 heterocycles. The summed E-state index contributed by atoms with van der Waals surface area (Å²) in [4.78, 5) is 13.0. The lowest BCUT2D eigenvalue weighted by atomic mass is 10.1. The number of fused-ring (bicyclic) bond motifs is 2. The Hall–Kier alpha value is -2.96. The normalized spacial score (nSPS) is 12.1. The van der Waals surface area contributed by atoms with E-state index < -0.39 is 0 Å². The molecule has 0 saturated carbocycles. The second-order valence-corrected chi connectivity index (χ2v) is 6.42. The molecule has 0 spiro atoms. The number of nitrogens with one attached hydrogen (secondary N) is 1. The van der Waals surface area contributed by atoms with Crippen LogP contribution in [0.25, 0.3) is 16.7 Å². The minimum atomic E-state index is -0.136. The quantitative estimate of drug-likeness (QED) is 0.616. The maximum absolute atomic E-state index is 4.47. The topological polar surface area (TPSA) is 72.9 Å². The van der Waals surface area contributed by atoms with Gasteiger partial charge in [-0.3, -0.25) is 0 Å². The van der Waals surface area contributed by atoms with Gasteiger partial charge in [-0.1, -0.05) is 0 Å². The highest BCUT2D eigenvalue weighted by Crippen LogP contribution is 2.26. The molecule has 7 heteroatoms. The predicted octanol–water partition coefficient (Wildman–Crippen LogP) is 2.97. The number of anilines is 2. The molecule has 0 saturated heterocycles. The highest BCUT2D eigenvalue weighted by Gasteiger charge is 2.19. The highest BCUT2D eigenvalue weighted by molar-refractivity contribution is 5.88. The number of nitrogens with zero attached hydrogens (tertiary/aromatic N) is 6. The summed E-state index contributed by atoms with van der Waals surface area (Å²) in [6, 6.07) is 3.93. The summed E-state index contributed by atoms with van der Waals surface area (Å²) in [6.07, 6.45) is 9.02. The van der Waals surface area contributed by atoms with Gasteiger partial charge < -0.3 is 9.72 Å². The van der Waals surface area contributed by atoms with Crippen molar-refractivity contribution in [3.8, 4) is 0 Å². The molecule has 4 rings (SSSR count). The van der Waals surface area contributed by atoms with E-state index >= 15 is 0 Å². The van der Waals surface area contributed by atoms with Gasteiger partial charge in [-0.15, -0.1) is 0 Å². The van der Waals surface area contributed by atoms with Crippen molar-refractivity contribution in [2.75, 3.05) is 5.32 Å². The van der Waals surface area contributed by atoms with Crippen LogP contribution < -0.4 is 5.32 Å². The van der Waals surface area contributed by atoms with E-state index in [1.807, 2.05) is 33.6 Å². The smallest absolute Gasteiger partial charge is 0.163 e. The van der Waals surface area contributed by atoms with Gasteiger partial charge in [0, 0.05) is 18.6 Å². The summed E-state index contributed by atoms with van der Waals surface area (Å²) in [7, 11) is 0. The van der Waals surface area contributed by atoms with E-state index in [0.717, 1.165) is 28.2 Å². The summed E-state index contributed by atoms with van der Waals surface area (Å²) in [5.41, 5.74) is 2.52. The average molecular weight is 307 g/mol. The largest absolute Gasteiger partial charge is 0.338 e. The van der Waals surface area contributed by atoms with Crippen molar-refractivity contribution in [1.29, 1.82) is 0 Å². The van der Waals surface area contributed by atoms with E-state index in [4.69, 9.17) is 0 Å². The molecule has 0 aromatic carbocycles. The van der Waals surface area contributed by atoms with E-state index in [9.17, 15) is 0 Å². The molecule has 0 aliphatic rings. The van der Waals surface area contributed by atoms with Crippen LogP contribution in [0.2, 0.25) is 0 Å². The fourth-order valence-electron chi connectivity index (χ4n) is 2.57. The van der Waals surface area contributed by atoms with Gasteiger partial charge in [0.05, 0.1) is 22.8 Å². The van der Waals surface area contributed by atoms with Crippen LogP contribution >= 0.6 is 0 Å². The van der Waals surface area contributed by atoms with Gasteiger partial charge in [-0.05, 0) is 32.9 Å². The number of hydrogen-bond donors (Lipinski definition) is 1. The third kappa shape index (κ3) is 2.30. The van der Waals surface area contributed by atoms with Crippen LogP contribution in [-0.2, 0) is 5.54 Å². The van der Waals surface area contributed by atoms with Crippen molar-refractivity contribution >= 4 is 28.2 Å². The Morgan fingerprint density at radius 3 is 2.78 bits per heavy atom. The molecule has 116 valence electrons. The molecule has 0 unspecified atom stereocenters. The molecule has 4 aromatic heterocycles. The highest BCUT2D eigenvalue weighted by atomic mass is 15.3. The van der Waals surface area contributed by atoms with Gasteiger partial charge in [0.15, 0.2) is 5.65 Å². The Bertz CT molecular complexity index is 990. The lowest BCUT2D eigenvalue weighted by molar-refractivity contribution is 0.366. The molecule has 4 aromatic rings. The molecule has 0 fully saturated rings. The monoisotopic (exact) mass is 307 g/mol. The fraction of sp³-hybridized carbons (Fsp3) is 0.250. The number of hydrogen-bond acceptors (Lipinski definition) is 5. The van der Waals surface area contributed by atoms with Crippen LogP contribution in [0.5, 0.6) is 0 Å². The second kappa shape index (κ2) is 4.77. The molecule has 0 aliphatic heterocycles. The number of pyridine rings is 1. The Labute approximate surface area is 133 Å². The molecule has 0 radical (unpaired) electrons. The zero-order valence-electron chi connectivity index (χ0n) is 13.2. The van der Waals surface area contributed by atoms with Crippen LogP contribution in [-0.4, -0.2) is 29.1 Å². The molecule has 0 aliphatic carbocycles. The first-order valence-electron chi connectivity index (χ1n) is 7.41. The molecular formula is C16H17N7. The number of aromatic nitrogens is 6. The SMILES string of the molecule is CC(C)(C)n1ncc2c(Nc3ccc4nccn4c3)ncnc21. The van der Waals surface area contributed by atoms with Crippen LogP contribution in [0.1, 0.15) is 20.8 Å². The van der Waals surface area contributed by atoms with Gasteiger partial charge in [-0.2, -0.15) is 5.10 Å². The molecule has 1 N–H and O–H groups in total. The van der Waals surface area contributed by atoms with Crippen LogP contribution in [0.4, 0.5) is 11.5 Å². The first kappa shape index (κ1) is 13.7. The Balaban J connectivity index is 1.78. The first-order valence-corrected chi connectivity index (χ1v) is 7.41. The molecule has 0 atom stereocenters. The lowest BCUT2D eigenvalue weighted by Crippen LogP contribution is -2.23. The molecule has 0 amide bonds. The van der Waals surface area contributed by atoms with Crippen molar-refractivity contribution in [3.05, 3.63) is 43.2 Å². The third-order valence-electron chi connectivity index (χ3n) is 3.65. The fourth-order valence-corrected chi connectivity index (χ4v) is 2.57. The van der Waals surface area contributed by atoms with Gasteiger partial charge in [0.25, 0.3) is 0 Å². The third-order valence-corrected chi connectivity index (χ3v) is 3.65. The van der Waals surface area contributed by atoms with Crippen LogP contribution in [0.15, 0.2) is 43.2 Å². The van der Waals surface area contributed by atoms with Crippen LogP contribution in [0.3, 0.4) is 0 Å². The lowest BCUT2D eigenvalue weighted by Gasteiger charge is -2.19. The van der Waals surface area contributed by atoms with Gasteiger partial charge in [0.1, 0.15) is 17.8 Å². The van der Waals surface area contributed by atoms with Gasteiger partial charge >= 0.3 is 0 Å². The summed E-state index contributed by atoms with van der Waals surface area (Å²) >= 11 is 0. The predicted molar refractivity (Wildman–Crippen MR) is 88.8 cm³/mol. The van der Waals surface area contributed by atoms with Crippen molar-refractivity contribution in [1.82, 2.24) is 29.1 Å². The van der Waals surface area contributed by atoms with E-state index in [2.05, 4.69) is 46.1 Å². The number of rotatable bonds is 2. The molecule has 7 nitrogen and oxygen atoms in total. The summed E-state index contributed by atoms with van der Waals surface area (Å²) in [5.74, 6) is 0.741. The van der Waals surface area contributed by atoms with E-state index in [0.29, 0.717) is 0 Å². The maximum atomic E-state index is 4.47. The van der Waals surface area contributed by atoms with E-state index in [-0.39, 0.29) is 5.54 Å². The summed E-state index contributed by atoms with van der Waals surface area (Å²) in [5, 5.41) is 8.71. The minimum Gasteiger partial charge on any atom is -0.338 e. The van der Waals surface area contributed by atoms with Crippen molar-refractivity contribution in [2.45, 2.75) is 26.3 Å². The zero-order chi connectivity index (χ0) is 16.0. The van der Waals surface area contributed by atoms with Crippen molar-refractivity contribution in [3.63, 3.8) is 0 Å². The minimum absolute atomic E-state index is 0.136. The van der Waals surface area contributed by atoms with Crippen molar-refractivity contribution in [2.24, 2.45) is 0 Å². The number of imidazole rings is 1. The van der Waals surface area contributed by atoms with Gasteiger partial charge in [0.2, 0.25) is 0 Å². The van der Waals surface area contributed by atoms with Crippen LogP contribution in [0, 0.1) is 0 Å². The van der Waals surface area contributed by atoms with Crippen molar-refractivity contribution < 1.29 is 0 Å². The molecular weight excluding hydrogens is 290 g/mol. The van der Waals surface area contributed by atoms with Gasteiger partial charge in [-0.25, -0.2) is 19.6 Å². The average Bonchev–Trinajstić information content (AvgIpc) is 3.12. The molecule has 23 heavy (non-hydrogen) atoms. The van der Waals surface area contributed by atoms with E-state index in [1.165, 1.54) is 0 Å².